The fourth-order valence-corrected chi connectivity index (χ4v) is 1.52. The van der Waals surface area contributed by atoms with E-state index in [1.807, 2.05) is 0 Å². The van der Waals surface area contributed by atoms with E-state index in [1.54, 1.807) is 10.2 Å². The molecule has 6 nitrogen and oxygen atoms in total. The second-order valence-corrected chi connectivity index (χ2v) is 4.10. The van der Waals surface area contributed by atoms with Crippen molar-refractivity contribution >= 4 is 17.2 Å². The lowest BCUT2D eigenvalue weighted by atomic mass is 10.1. The molecule has 0 radical (unpaired) electrons. The molecule has 0 aliphatic carbocycles. The van der Waals surface area contributed by atoms with Crippen LogP contribution >= 0.6 is 0 Å². The molecule has 2 rings (SSSR count). The highest BCUT2D eigenvalue weighted by molar-refractivity contribution is 5.94. The van der Waals surface area contributed by atoms with Crippen LogP contribution < -0.4 is 5.56 Å². The van der Waals surface area contributed by atoms with E-state index in [9.17, 15) is 22.8 Å². The van der Waals surface area contributed by atoms with Gasteiger partial charge in [0, 0.05) is 5.56 Å². The first-order chi connectivity index (χ1) is 9.79. The fourth-order valence-electron chi connectivity index (χ4n) is 1.52. The Kier molecular flexibility index (Phi) is 3.74. The third kappa shape index (κ3) is 3.25. The van der Waals surface area contributed by atoms with E-state index in [2.05, 4.69) is 10.2 Å². The van der Waals surface area contributed by atoms with Crippen LogP contribution in [-0.2, 0) is 6.18 Å². The van der Waals surface area contributed by atoms with Gasteiger partial charge in [-0.25, -0.2) is 0 Å². The van der Waals surface area contributed by atoms with Gasteiger partial charge in [0.05, 0.1) is 5.69 Å². The number of nitrogens with one attached hydrogen (secondary N) is 2. The number of H-pyrrole nitrogens is 2. The van der Waals surface area contributed by atoms with Crippen molar-refractivity contribution in [1.82, 2.24) is 10.2 Å². The van der Waals surface area contributed by atoms with Crippen molar-refractivity contribution < 1.29 is 18.0 Å². The normalized spacial score (nSPS) is 12.0. The number of halogens is 3. The van der Waals surface area contributed by atoms with Gasteiger partial charge in [0.2, 0.25) is 0 Å². The Morgan fingerprint density at radius 2 is 1.71 bits per heavy atom. The Morgan fingerprint density at radius 3 is 2.24 bits per heavy atom. The van der Waals surface area contributed by atoms with Gasteiger partial charge < -0.3 is 0 Å². The van der Waals surface area contributed by atoms with Gasteiger partial charge in [-0.2, -0.15) is 18.3 Å². The van der Waals surface area contributed by atoms with Crippen LogP contribution in [0.15, 0.2) is 39.3 Å². The molecule has 110 valence electrons. The van der Waals surface area contributed by atoms with Crippen LogP contribution in [0.4, 0.5) is 24.5 Å². The standard InChI is InChI=1S/C12H9F3N4O2/c1-6(20)7-2-4-8(5-3-7)16-17-9-10(12(13,14)15)18-19-11(9)21/h2-5H,1H3,(H2,18,19,21). The first kappa shape index (κ1) is 14.7. The topological polar surface area (TPSA) is 90.4 Å². The van der Waals surface area contributed by atoms with Crippen LogP contribution in [0, 0.1) is 0 Å². The highest BCUT2D eigenvalue weighted by atomic mass is 19.4. The number of benzene rings is 1. The lowest BCUT2D eigenvalue weighted by molar-refractivity contribution is -0.140. The monoisotopic (exact) mass is 298 g/mol. The summed E-state index contributed by atoms with van der Waals surface area (Å²) in [4.78, 5) is 22.3. The Balaban J connectivity index is 2.32. The molecule has 0 aliphatic heterocycles. The molecular formula is C12H9F3N4O2. The first-order valence-corrected chi connectivity index (χ1v) is 5.69. The van der Waals surface area contributed by atoms with Gasteiger partial charge in [0.1, 0.15) is 0 Å². The number of aromatic nitrogens is 2. The number of nitrogens with zero attached hydrogens (tertiary/aromatic N) is 2. The van der Waals surface area contributed by atoms with E-state index in [-0.39, 0.29) is 11.5 Å². The maximum absolute atomic E-state index is 12.6. The third-order valence-electron chi connectivity index (χ3n) is 2.58. The minimum Gasteiger partial charge on any atom is -0.295 e. The molecule has 1 aromatic heterocycles. The zero-order chi connectivity index (χ0) is 15.6. The molecule has 0 saturated heterocycles. The molecule has 2 aromatic rings. The summed E-state index contributed by atoms with van der Waals surface area (Å²) >= 11 is 0. The predicted molar refractivity (Wildman–Crippen MR) is 67.0 cm³/mol. The molecule has 1 heterocycles. The highest BCUT2D eigenvalue weighted by Crippen LogP contribution is 2.33. The molecular weight excluding hydrogens is 289 g/mol. The number of carbonyl (C=O) groups excluding carboxylic acids is 1. The zero-order valence-electron chi connectivity index (χ0n) is 10.7. The van der Waals surface area contributed by atoms with Crippen molar-refractivity contribution in [3.05, 3.63) is 45.9 Å². The number of ketones is 1. The summed E-state index contributed by atoms with van der Waals surface area (Å²) in [5.41, 5.74) is -2.51. The van der Waals surface area contributed by atoms with Crippen LogP contribution in [0.1, 0.15) is 23.0 Å². The van der Waals surface area contributed by atoms with Gasteiger partial charge in [-0.3, -0.25) is 19.8 Å². The van der Waals surface area contributed by atoms with Crippen molar-refractivity contribution in [2.24, 2.45) is 10.2 Å². The van der Waals surface area contributed by atoms with E-state index < -0.39 is 23.1 Å². The van der Waals surface area contributed by atoms with E-state index in [4.69, 9.17) is 0 Å². The van der Waals surface area contributed by atoms with Gasteiger partial charge in [0.15, 0.2) is 17.2 Å². The molecule has 0 saturated carbocycles. The lowest BCUT2D eigenvalue weighted by Crippen LogP contribution is -2.06. The van der Waals surface area contributed by atoms with Gasteiger partial charge in [-0.1, -0.05) is 0 Å². The highest BCUT2D eigenvalue weighted by Gasteiger charge is 2.37. The van der Waals surface area contributed by atoms with E-state index in [0.29, 0.717) is 5.56 Å². The van der Waals surface area contributed by atoms with E-state index in [1.165, 1.54) is 31.2 Å². The van der Waals surface area contributed by atoms with Crippen molar-refractivity contribution in [3.8, 4) is 0 Å². The third-order valence-corrected chi connectivity index (χ3v) is 2.58. The second kappa shape index (κ2) is 5.35. The summed E-state index contributed by atoms with van der Waals surface area (Å²) in [5, 5.41) is 10.4. The van der Waals surface area contributed by atoms with Crippen molar-refractivity contribution in [1.29, 1.82) is 0 Å². The Labute approximate surface area is 115 Å². The molecule has 9 heteroatoms. The van der Waals surface area contributed by atoms with Crippen LogP contribution in [0.5, 0.6) is 0 Å². The van der Waals surface area contributed by atoms with Crippen LogP contribution in [0.3, 0.4) is 0 Å². The number of azo groups is 1. The molecule has 0 amide bonds. The van der Waals surface area contributed by atoms with Crippen LogP contribution in [-0.4, -0.2) is 16.0 Å². The molecule has 2 N–H and O–H groups in total. The van der Waals surface area contributed by atoms with Gasteiger partial charge in [-0.15, -0.1) is 5.11 Å². The first-order valence-electron chi connectivity index (χ1n) is 5.69. The molecule has 0 fully saturated rings. The average Bonchev–Trinajstić information content (AvgIpc) is 2.78. The molecule has 21 heavy (non-hydrogen) atoms. The summed E-state index contributed by atoms with van der Waals surface area (Å²) in [6, 6.07) is 5.74. The maximum Gasteiger partial charge on any atom is 0.435 e. The van der Waals surface area contributed by atoms with Gasteiger partial charge in [0.25, 0.3) is 5.56 Å². The maximum atomic E-state index is 12.6. The summed E-state index contributed by atoms with van der Waals surface area (Å²) in [7, 11) is 0. The molecule has 1 aromatic carbocycles. The zero-order valence-corrected chi connectivity index (χ0v) is 10.7. The number of hydrogen-bond donors (Lipinski definition) is 2. The lowest BCUT2D eigenvalue weighted by Gasteiger charge is -2.02. The van der Waals surface area contributed by atoms with Gasteiger partial charge >= 0.3 is 6.18 Å². The number of rotatable bonds is 3. The summed E-state index contributed by atoms with van der Waals surface area (Å²) in [5.74, 6) is -0.153. The number of aromatic amines is 2. The number of hydrogen-bond acceptors (Lipinski definition) is 4. The summed E-state index contributed by atoms with van der Waals surface area (Å²) in [6.07, 6.45) is -4.74. The van der Waals surface area contributed by atoms with Crippen molar-refractivity contribution in [3.63, 3.8) is 0 Å². The largest absolute Gasteiger partial charge is 0.435 e. The number of carbonyl (C=O) groups is 1. The smallest absolute Gasteiger partial charge is 0.295 e. The van der Waals surface area contributed by atoms with E-state index in [0.717, 1.165) is 0 Å². The van der Waals surface area contributed by atoms with Crippen LogP contribution in [0.2, 0.25) is 0 Å². The second-order valence-electron chi connectivity index (χ2n) is 4.10. The Hall–Kier alpha value is -2.71. The number of alkyl halides is 3. The minimum atomic E-state index is -4.74. The molecule has 0 atom stereocenters. The number of Topliss-reactive ketones (excluding diaryl/α,β-unsaturated/α-hetero) is 1. The predicted octanol–water partition coefficient (Wildman–Crippen LogP) is 3.34. The minimum absolute atomic E-state index is 0.153. The van der Waals surface area contributed by atoms with Crippen molar-refractivity contribution in [2.75, 3.05) is 0 Å². The summed E-state index contributed by atoms with van der Waals surface area (Å²) < 4.78 is 37.8. The molecule has 0 unspecified atom stereocenters. The molecule has 0 spiro atoms. The Bertz CT molecular complexity index is 741. The summed E-state index contributed by atoms with van der Waals surface area (Å²) in [6.45, 7) is 1.38. The average molecular weight is 298 g/mol. The molecule has 0 aliphatic rings. The van der Waals surface area contributed by atoms with Crippen molar-refractivity contribution in [2.45, 2.75) is 13.1 Å². The SMILES string of the molecule is CC(=O)c1ccc(N=Nc2c(C(F)(F)F)[nH][nH]c2=O)cc1. The Morgan fingerprint density at radius 1 is 1.10 bits per heavy atom. The van der Waals surface area contributed by atoms with Crippen LogP contribution in [0.25, 0.3) is 0 Å². The van der Waals surface area contributed by atoms with E-state index >= 15 is 0 Å². The quantitative estimate of drug-likeness (QED) is 0.672. The van der Waals surface area contributed by atoms with Gasteiger partial charge in [-0.05, 0) is 31.2 Å². The molecule has 0 bridgehead atoms. The fraction of sp³-hybridized carbons (Fsp3) is 0.167.